The average Bonchev–Trinajstić information content (AvgIpc) is 2.92. The molecule has 2 aromatic carbocycles. The van der Waals surface area contributed by atoms with Crippen LogP contribution in [0.15, 0.2) is 42.5 Å². The third kappa shape index (κ3) is 3.11. The molecule has 0 bridgehead atoms. The summed E-state index contributed by atoms with van der Waals surface area (Å²) in [6.45, 7) is 1.32. The lowest BCUT2D eigenvalue weighted by molar-refractivity contribution is 0.227. The first-order valence-electron chi connectivity index (χ1n) is 7.07. The van der Waals surface area contributed by atoms with Crippen molar-refractivity contribution < 1.29 is 14.6 Å². The molecule has 1 unspecified atom stereocenters. The highest BCUT2D eigenvalue weighted by Gasteiger charge is 2.21. The van der Waals surface area contributed by atoms with E-state index in [4.69, 9.17) is 9.47 Å². The van der Waals surface area contributed by atoms with Gasteiger partial charge >= 0.3 is 0 Å². The number of fused-ring (bicyclic) bond motifs is 1. The van der Waals surface area contributed by atoms with Gasteiger partial charge in [0.2, 0.25) is 0 Å². The van der Waals surface area contributed by atoms with Crippen molar-refractivity contribution >= 4 is 0 Å². The normalized spacial score (nSPS) is 16.3. The van der Waals surface area contributed by atoms with Gasteiger partial charge in [-0.15, -0.1) is 0 Å². The van der Waals surface area contributed by atoms with Crippen molar-refractivity contribution in [3.05, 3.63) is 53.6 Å². The van der Waals surface area contributed by atoms with Crippen LogP contribution in [0.4, 0.5) is 0 Å². The lowest BCUT2D eigenvalue weighted by atomic mass is 10.1. The van der Waals surface area contributed by atoms with Gasteiger partial charge in [0.25, 0.3) is 0 Å². The van der Waals surface area contributed by atoms with E-state index in [1.54, 1.807) is 19.2 Å². The van der Waals surface area contributed by atoms with Gasteiger partial charge in [-0.3, -0.25) is 0 Å². The molecule has 1 atom stereocenters. The lowest BCUT2D eigenvalue weighted by Crippen LogP contribution is -2.29. The van der Waals surface area contributed by atoms with E-state index in [1.165, 1.54) is 5.56 Å². The summed E-state index contributed by atoms with van der Waals surface area (Å²) in [5.74, 6) is 2.00. The largest absolute Gasteiger partial charge is 0.508 e. The maximum absolute atomic E-state index is 9.84. The van der Waals surface area contributed by atoms with E-state index in [0.717, 1.165) is 30.0 Å². The molecular formula is C17H19NO3. The van der Waals surface area contributed by atoms with Gasteiger partial charge in [-0.25, -0.2) is 0 Å². The van der Waals surface area contributed by atoms with Crippen molar-refractivity contribution in [2.24, 2.45) is 0 Å². The molecule has 0 aromatic heterocycles. The molecule has 0 saturated carbocycles. The zero-order valence-electron chi connectivity index (χ0n) is 12.0. The molecule has 0 amide bonds. The monoisotopic (exact) mass is 285 g/mol. The molecule has 0 radical (unpaired) electrons. The first-order chi connectivity index (χ1) is 10.3. The summed E-state index contributed by atoms with van der Waals surface area (Å²) < 4.78 is 11.0. The molecule has 21 heavy (non-hydrogen) atoms. The van der Waals surface area contributed by atoms with Crippen LogP contribution in [0.2, 0.25) is 0 Å². The second-order valence-corrected chi connectivity index (χ2v) is 5.18. The van der Waals surface area contributed by atoms with Gasteiger partial charge in [0, 0.05) is 25.1 Å². The number of benzene rings is 2. The lowest BCUT2D eigenvalue weighted by Gasteiger charge is -2.13. The summed E-state index contributed by atoms with van der Waals surface area (Å²) in [7, 11) is 1.62. The van der Waals surface area contributed by atoms with Crippen LogP contribution in [-0.4, -0.2) is 24.9 Å². The summed E-state index contributed by atoms with van der Waals surface area (Å²) in [6, 6.07) is 13.4. The van der Waals surface area contributed by atoms with Crippen LogP contribution in [0.3, 0.4) is 0 Å². The molecule has 2 aromatic rings. The smallest absolute Gasteiger partial charge is 0.123 e. The summed E-state index contributed by atoms with van der Waals surface area (Å²) in [5, 5.41) is 13.2. The van der Waals surface area contributed by atoms with Crippen molar-refractivity contribution in [2.75, 3.05) is 13.7 Å². The molecule has 0 spiro atoms. The highest BCUT2D eigenvalue weighted by atomic mass is 16.5. The maximum atomic E-state index is 9.84. The van der Waals surface area contributed by atoms with Gasteiger partial charge in [0.05, 0.1) is 7.11 Å². The van der Waals surface area contributed by atoms with Crippen LogP contribution < -0.4 is 14.8 Å². The molecule has 0 aliphatic carbocycles. The third-order valence-corrected chi connectivity index (χ3v) is 3.69. The highest BCUT2D eigenvalue weighted by Crippen LogP contribution is 2.28. The number of para-hydroxylation sites is 1. The second kappa shape index (κ2) is 6.06. The van der Waals surface area contributed by atoms with E-state index in [-0.39, 0.29) is 11.9 Å². The fourth-order valence-corrected chi connectivity index (χ4v) is 2.57. The number of hydrogen-bond donors (Lipinski definition) is 2. The fraction of sp³-hybridized carbons (Fsp3) is 0.294. The molecule has 1 aliphatic rings. The first-order valence-corrected chi connectivity index (χ1v) is 7.07. The molecule has 4 nitrogen and oxygen atoms in total. The van der Waals surface area contributed by atoms with Crippen molar-refractivity contribution in [1.29, 1.82) is 0 Å². The zero-order valence-corrected chi connectivity index (χ0v) is 12.0. The number of rotatable bonds is 5. The van der Waals surface area contributed by atoms with E-state index in [1.807, 2.05) is 24.3 Å². The van der Waals surface area contributed by atoms with Gasteiger partial charge in [-0.2, -0.15) is 0 Å². The van der Waals surface area contributed by atoms with E-state index < -0.39 is 0 Å². The van der Waals surface area contributed by atoms with E-state index in [2.05, 4.69) is 11.4 Å². The van der Waals surface area contributed by atoms with E-state index in [0.29, 0.717) is 6.54 Å². The van der Waals surface area contributed by atoms with Crippen molar-refractivity contribution in [2.45, 2.75) is 19.1 Å². The highest BCUT2D eigenvalue weighted by molar-refractivity contribution is 5.39. The number of methoxy groups -OCH3 is 1. The minimum Gasteiger partial charge on any atom is -0.508 e. The summed E-state index contributed by atoms with van der Waals surface area (Å²) >= 11 is 0. The third-order valence-electron chi connectivity index (χ3n) is 3.69. The Morgan fingerprint density at radius 2 is 2.14 bits per heavy atom. The molecule has 4 heteroatoms. The Hall–Kier alpha value is -2.20. The van der Waals surface area contributed by atoms with Gasteiger partial charge in [-0.1, -0.05) is 18.2 Å². The Morgan fingerprint density at radius 1 is 1.29 bits per heavy atom. The number of ether oxygens (including phenoxy) is 2. The Balaban J connectivity index is 1.54. The van der Waals surface area contributed by atoms with E-state index in [9.17, 15) is 5.11 Å². The van der Waals surface area contributed by atoms with Crippen LogP contribution in [0.25, 0.3) is 0 Å². The van der Waals surface area contributed by atoms with Crippen molar-refractivity contribution in [3.8, 4) is 17.2 Å². The van der Waals surface area contributed by atoms with Crippen molar-refractivity contribution in [3.63, 3.8) is 0 Å². The quantitative estimate of drug-likeness (QED) is 0.886. The van der Waals surface area contributed by atoms with Crippen LogP contribution in [0.5, 0.6) is 17.2 Å². The van der Waals surface area contributed by atoms with Gasteiger partial charge in [0.1, 0.15) is 23.4 Å². The molecule has 1 aliphatic heterocycles. The van der Waals surface area contributed by atoms with Crippen LogP contribution >= 0.6 is 0 Å². The summed E-state index contributed by atoms with van der Waals surface area (Å²) in [5.41, 5.74) is 2.08. The van der Waals surface area contributed by atoms with Gasteiger partial charge in [0.15, 0.2) is 0 Å². The molecule has 3 rings (SSSR count). The van der Waals surface area contributed by atoms with Crippen LogP contribution in [-0.2, 0) is 13.0 Å². The molecule has 0 fully saturated rings. The average molecular weight is 285 g/mol. The Kier molecular flexibility index (Phi) is 3.97. The Morgan fingerprint density at radius 3 is 2.95 bits per heavy atom. The number of hydrogen-bond acceptors (Lipinski definition) is 4. The van der Waals surface area contributed by atoms with Gasteiger partial charge < -0.3 is 19.9 Å². The molecule has 110 valence electrons. The number of phenolic OH excluding ortho intramolecular Hbond substituents is 1. The topological polar surface area (TPSA) is 50.7 Å². The predicted molar refractivity (Wildman–Crippen MR) is 80.9 cm³/mol. The molecule has 2 N–H and O–H groups in total. The Labute approximate surface area is 124 Å². The predicted octanol–water partition coefficient (Wildman–Crippen LogP) is 2.49. The molecular weight excluding hydrogens is 266 g/mol. The first kappa shape index (κ1) is 13.8. The standard InChI is InChI=1S/C17H19NO3/c1-20-14-6-7-16(19)13(9-14)10-18-11-15-8-12-4-2-3-5-17(12)21-15/h2-7,9,15,18-19H,8,10-11H2,1H3. The SMILES string of the molecule is COc1ccc(O)c(CNCC2Cc3ccccc3O2)c1. The number of nitrogens with one attached hydrogen (secondary N) is 1. The fourth-order valence-electron chi connectivity index (χ4n) is 2.57. The van der Waals surface area contributed by atoms with Crippen molar-refractivity contribution in [1.82, 2.24) is 5.32 Å². The molecule has 1 heterocycles. The Bertz CT molecular complexity index is 602. The van der Waals surface area contributed by atoms with E-state index >= 15 is 0 Å². The number of phenols is 1. The number of aromatic hydroxyl groups is 1. The minimum atomic E-state index is 0.148. The maximum Gasteiger partial charge on any atom is 0.123 e. The molecule has 0 saturated heterocycles. The van der Waals surface area contributed by atoms with Gasteiger partial charge in [-0.05, 0) is 29.8 Å². The summed E-state index contributed by atoms with van der Waals surface area (Å²) in [4.78, 5) is 0. The zero-order chi connectivity index (χ0) is 14.7. The summed E-state index contributed by atoms with van der Waals surface area (Å²) in [6.07, 6.45) is 1.07. The second-order valence-electron chi connectivity index (χ2n) is 5.18. The van der Waals surface area contributed by atoms with Crippen LogP contribution in [0.1, 0.15) is 11.1 Å². The minimum absolute atomic E-state index is 0.148. The van der Waals surface area contributed by atoms with Crippen LogP contribution in [0, 0.1) is 0 Å².